The molecule has 0 aliphatic carbocycles. The highest BCUT2D eigenvalue weighted by Crippen LogP contribution is 2.16. The topological polar surface area (TPSA) is 92.3 Å². The monoisotopic (exact) mass is 388 g/mol. The molecule has 2 aromatic carbocycles. The van der Waals surface area contributed by atoms with Crippen LogP contribution in [0.2, 0.25) is 0 Å². The van der Waals surface area contributed by atoms with E-state index in [2.05, 4.69) is 10.0 Å². The first kappa shape index (κ1) is 20.8. The van der Waals surface area contributed by atoms with Crippen LogP contribution in [0.25, 0.3) is 0 Å². The lowest BCUT2D eigenvalue weighted by Crippen LogP contribution is -2.32. The van der Waals surface area contributed by atoms with Gasteiger partial charge in [0.05, 0.1) is 10.9 Å². The van der Waals surface area contributed by atoms with Gasteiger partial charge in [0.25, 0.3) is 0 Å². The van der Waals surface area contributed by atoms with Crippen molar-refractivity contribution in [2.45, 2.75) is 38.1 Å². The van der Waals surface area contributed by atoms with Crippen LogP contribution in [0.1, 0.15) is 47.8 Å². The number of hydrogen-bond donors (Lipinski definition) is 2. The SMILES string of the molecule is CC(=O)c1ccc(S(=O)(=O)NCCC(=O)NC(C)c2ccccc2C)cc1. The molecule has 0 heterocycles. The lowest BCUT2D eigenvalue weighted by molar-refractivity contribution is -0.121. The summed E-state index contributed by atoms with van der Waals surface area (Å²) in [5.41, 5.74) is 2.55. The standard InChI is InChI=1S/C20H24N2O4S/c1-14-6-4-5-7-19(14)15(2)22-20(24)12-13-21-27(25,26)18-10-8-17(9-11-18)16(3)23/h4-11,15,21H,12-13H2,1-3H3,(H,22,24). The molecule has 144 valence electrons. The average Bonchev–Trinajstić information content (AvgIpc) is 2.61. The maximum absolute atomic E-state index is 12.3. The Labute approximate surface area is 160 Å². The Kier molecular flexibility index (Phi) is 6.87. The summed E-state index contributed by atoms with van der Waals surface area (Å²) in [5.74, 6) is -0.369. The van der Waals surface area contributed by atoms with Crippen LogP contribution < -0.4 is 10.0 Å². The number of sulfonamides is 1. The summed E-state index contributed by atoms with van der Waals surface area (Å²) in [4.78, 5) is 23.4. The predicted molar refractivity (Wildman–Crippen MR) is 104 cm³/mol. The predicted octanol–water partition coefficient (Wildman–Crippen LogP) is 2.74. The summed E-state index contributed by atoms with van der Waals surface area (Å²) in [7, 11) is -3.73. The van der Waals surface area contributed by atoms with Crippen LogP contribution in [0.5, 0.6) is 0 Å². The number of benzene rings is 2. The molecule has 0 fully saturated rings. The molecule has 7 heteroatoms. The Hall–Kier alpha value is -2.51. The Balaban J connectivity index is 1.88. The van der Waals surface area contributed by atoms with Gasteiger partial charge in [-0.05, 0) is 44.0 Å². The van der Waals surface area contributed by atoms with Crippen molar-refractivity contribution in [1.82, 2.24) is 10.0 Å². The maximum Gasteiger partial charge on any atom is 0.240 e. The highest BCUT2D eigenvalue weighted by Gasteiger charge is 2.16. The average molecular weight is 388 g/mol. The molecule has 27 heavy (non-hydrogen) atoms. The van der Waals surface area contributed by atoms with Crippen molar-refractivity contribution < 1.29 is 18.0 Å². The number of carbonyl (C=O) groups is 2. The third-order valence-electron chi connectivity index (χ3n) is 4.25. The zero-order chi connectivity index (χ0) is 20.0. The third kappa shape index (κ3) is 5.74. The minimum Gasteiger partial charge on any atom is -0.350 e. The Morgan fingerprint density at radius 2 is 1.67 bits per heavy atom. The van der Waals surface area contributed by atoms with Gasteiger partial charge in [-0.25, -0.2) is 13.1 Å². The zero-order valence-corrected chi connectivity index (χ0v) is 16.5. The summed E-state index contributed by atoms with van der Waals surface area (Å²) in [6.45, 7) is 5.27. The normalized spacial score (nSPS) is 12.4. The number of hydrogen-bond acceptors (Lipinski definition) is 4. The lowest BCUT2D eigenvalue weighted by Gasteiger charge is -2.16. The van der Waals surface area contributed by atoms with Crippen molar-refractivity contribution in [3.05, 3.63) is 65.2 Å². The Morgan fingerprint density at radius 1 is 1.04 bits per heavy atom. The van der Waals surface area contributed by atoms with Crippen LogP contribution in [0.3, 0.4) is 0 Å². The fourth-order valence-electron chi connectivity index (χ4n) is 2.72. The molecule has 0 aliphatic heterocycles. The summed E-state index contributed by atoms with van der Waals surface area (Å²) < 4.78 is 26.9. The van der Waals surface area contributed by atoms with Gasteiger partial charge >= 0.3 is 0 Å². The number of nitrogens with one attached hydrogen (secondary N) is 2. The van der Waals surface area contributed by atoms with Crippen LogP contribution in [-0.4, -0.2) is 26.7 Å². The summed E-state index contributed by atoms with van der Waals surface area (Å²) in [6.07, 6.45) is 0.0288. The molecule has 0 saturated carbocycles. The minimum atomic E-state index is -3.73. The van der Waals surface area contributed by atoms with Gasteiger partial charge in [-0.3, -0.25) is 9.59 Å². The molecular weight excluding hydrogens is 364 g/mol. The third-order valence-corrected chi connectivity index (χ3v) is 5.72. The first-order valence-electron chi connectivity index (χ1n) is 8.66. The van der Waals surface area contributed by atoms with Crippen LogP contribution in [0.15, 0.2) is 53.4 Å². The summed E-state index contributed by atoms with van der Waals surface area (Å²) in [6, 6.07) is 13.3. The van der Waals surface area contributed by atoms with Crippen LogP contribution in [0.4, 0.5) is 0 Å². The second-order valence-corrected chi connectivity index (χ2v) is 8.14. The van der Waals surface area contributed by atoms with E-state index in [1.165, 1.54) is 31.2 Å². The number of ketones is 1. The molecule has 0 spiro atoms. The van der Waals surface area contributed by atoms with Crippen LogP contribution >= 0.6 is 0 Å². The van der Waals surface area contributed by atoms with E-state index in [0.717, 1.165) is 11.1 Å². The Bertz CT molecular complexity index is 921. The van der Waals surface area contributed by atoms with Gasteiger partial charge in [0.1, 0.15) is 0 Å². The van der Waals surface area contributed by atoms with E-state index in [9.17, 15) is 18.0 Å². The van der Waals surface area contributed by atoms with E-state index in [4.69, 9.17) is 0 Å². The summed E-state index contributed by atoms with van der Waals surface area (Å²) in [5, 5.41) is 2.87. The van der Waals surface area contributed by atoms with Crippen molar-refractivity contribution in [2.75, 3.05) is 6.54 Å². The second-order valence-electron chi connectivity index (χ2n) is 6.37. The molecule has 1 amide bonds. The molecule has 6 nitrogen and oxygen atoms in total. The van der Waals surface area contributed by atoms with Gasteiger partial charge in [-0.15, -0.1) is 0 Å². The molecule has 0 aromatic heterocycles. The van der Waals surface area contributed by atoms with Gasteiger partial charge in [-0.1, -0.05) is 36.4 Å². The van der Waals surface area contributed by atoms with Gasteiger partial charge in [0.15, 0.2) is 5.78 Å². The molecule has 2 rings (SSSR count). The van der Waals surface area contributed by atoms with E-state index < -0.39 is 10.0 Å². The molecule has 0 saturated heterocycles. The number of amides is 1. The van der Waals surface area contributed by atoms with Crippen molar-refractivity contribution >= 4 is 21.7 Å². The second kappa shape index (κ2) is 8.92. The first-order chi connectivity index (χ1) is 12.7. The van der Waals surface area contributed by atoms with Gasteiger partial charge in [-0.2, -0.15) is 0 Å². The van der Waals surface area contributed by atoms with Gasteiger partial charge in [0.2, 0.25) is 15.9 Å². The molecule has 0 radical (unpaired) electrons. The van der Waals surface area contributed by atoms with Crippen molar-refractivity contribution in [3.8, 4) is 0 Å². The molecule has 1 unspecified atom stereocenters. The van der Waals surface area contributed by atoms with Crippen molar-refractivity contribution in [2.24, 2.45) is 0 Å². The van der Waals surface area contributed by atoms with Crippen LogP contribution in [-0.2, 0) is 14.8 Å². The number of carbonyl (C=O) groups excluding carboxylic acids is 2. The lowest BCUT2D eigenvalue weighted by atomic mass is 10.0. The highest BCUT2D eigenvalue weighted by atomic mass is 32.2. The largest absolute Gasteiger partial charge is 0.350 e. The molecular formula is C20H24N2O4S. The van der Waals surface area contributed by atoms with Crippen molar-refractivity contribution in [3.63, 3.8) is 0 Å². The van der Waals surface area contributed by atoms with Gasteiger partial charge < -0.3 is 5.32 Å². The van der Waals surface area contributed by atoms with Gasteiger partial charge in [0, 0.05) is 18.5 Å². The van der Waals surface area contributed by atoms with Crippen LogP contribution in [0, 0.1) is 6.92 Å². The molecule has 2 aromatic rings. The minimum absolute atomic E-state index is 0.0108. The number of aryl methyl sites for hydroxylation is 1. The highest BCUT2D eigenvalue weighted by molar-refractivity contribution is 7.89. The van der Waals surface area contributed by atoms with E-state index in [0.29, 0.717) is 5.56 Å². The fraction of sp³-hybridized carbons (Fsp3) is 0.300. The number of Topliss-reactive ketones (excluding diaryl/α,β-unsaturated/α-hetero) is 1. The molecule has 0 bridgehead atoms. The fourth-order valence-corrected chi connectivity index (χ4v) is 3.75. The van der Waals surface area contributed by atoms with E-state index in [-0.39, 0.29) is 35.6 Å². The first-order valence-corrected chi connectivity index (χ1v) is 10.1. The quantitative estimate of drug-likeness (QED) is 0.680. The van der Waals surface area contributed by atoms with E-state index in [1.807, 2.05) is 38.1 Å². The van der Waals surface area contributed by atoms with Crippen molar-refractivity contribution in [1.29, 1.82) is 0 Å². The number of rotatable bonds is 8. The molecule has 2 N–H and O–H groups in total. The smallest absolute Gasteiger partial charge is 0.240 e. The Morgan fingerprint density at radius 3 is 2.26 bits per heavy atom. The van der Waals surface area contributed by atoms with E-state index in [1.54, 1.807) is 0 Å². The van der Waals surface area contributed by atoms with E-state index >= 15 is 0 Å². The summed E-state index contributed by atoms with van der Waals surface area (Å²) >= 11 is 0. The zero-order valence-electron chi connectivity index (χ0n) is 15.7. The maximum atomic E-state index is 12.3. The molecule has 0 aliphatic rings. The molecule has 1 atom stereocenters.